The second-order valence-electron chi connectivity index (χ2n) is 5.45. The lowest BCUT2D eigenvalue weighted by atomic mass is 9.94. The summed E-state index contributed by atoms with van der Waals surface area (Å²) >= 11 is 0. The Hall–Kier alpha value is -2.73. The summed E-state index contributed by atoms with van der Waals surface area (Å²) < 4.78 is 37.2. The number of hydrogen-bond acceptors (Lipinski definition) is 8. The summed E-state index contributed by atoms with van der Waals surface area (Å²) in [5.74, 6) is -0.589. The van der Waals surface area contributed by atoms with Crippen LogP contribution < -0.4 is 4.74 Å². The first-order valence-electron chi connectivity index (χ1n) is 7.07. The number of benzene rings is 2. The van der Waals surface area contributed by atoms with E-state index in [2.05, 4.69) is 0 Å². The van der Waals surface area contributed by atoms with Crippen molar-refractivity contribution < 1.29 is 47.8 Å². The number of aromatic hydroxyl groups is 4. The Morgan fingerprint density at radius 3 is 2.12 bits per heavy atom. The van der Waals surface area contributed by atoms with E-state index in [1.165, 1.54) is 30.3 Å². The maximum Gasteiger partial charge on any atom is 0.394 e. The maximum atomic E-state index is 10.2. The molecule has 0 saturated carbocycles. The molecule has 7 N–H and O–H groups in total. The second kappa shape index (κ2) is 7.25. The van der Waals surface area contributed by atoms with Crippen molar-refractivity contribution in [3.05, 3.63) is 41.5 Å². The molecule has 142 valence electrons. The van der Waals surface area contributed by atoms with Crippen molar-refractivity contribution in [1.82, 2.24) is 0 Å². The monoisotopic (exact) mass is 388 g/mol. The lowest BCUT2D eigenvalue weighted by molar-refractivity contribution is 0.0197. The zero-order chi connectivity index (χ0) is 19.6. The molecule has 0 saturated heterocycles. The van der Waals surface area contributed by atoms with Crippen LogP contribution in [0.2, 0.25) is 0 Å². The molecule has 2 aromatic rings. The van der Waals surface area contributed by atoms with Crippen LogP contribution in [-0.2, 0) is 16.8 Å². The first kappa shape index (κ1) is 19.6. The number of rotatable bonds is 1. The number of phenolic OH excluding ortho intramolecular Hbond substituents is 4. The molecule has 3 rings (SSSR count). The van der Waals surface area contributed by atoms with E-state index in [9.17, 15) is 25.5 Å². The van der Waals surface area contributed by atoms with E-state index in [-0.39, 0.29) is 35.2 Å². The van der Waals surface area contributed by atoms with Gasteiger partial charge in [0.25, 0.3) is 0 Å². The minimum atomic E-state index is -4.67. The Labute approximate surface area is 147 Å². The quantitative estimate of drug-likeness (QED) is 0.273. The van der Waals surface area contributed by atoms with Gasteiger partial charge in [-0.1, -0.05) is 6.07 Å². The largest absolute Gasteiger partial charge is 0.508 e. The number of ether oxygens (including phenoxy) is 1. The number of phenols is 4. The summed E-state index contributed by atoms with van der Waals surface area (Å²) in [6.07, 6.45) is -1.56. The van der Waals surface area contributed by atoms with Crippen LogP contribution in [0.1, 0.15) is 17.2 Å². The Morgan fingerprint density at radius 2 is 1.54 bits per heavy atom. The third-order valence-corrected chi connectivity index (χ3v) is 3.51. The molecule has 0 amide bonds. The third kappa shape index (κ3) is 4.89. The zero-order valence-electron chi connectivity index (χ0n) is 13.0. The number of hydrogen-bond donors (Lipinski definition) is 7. The maximum absolute atomic E-state index is 10.2. The van der Waals surface area contributed by atoms with Gasteiger partial charge in [0, 0.05) is 24.1 Å². The van der Waals surface area contributed by atoms with Crippen molar-refractivity contribution in [3.8, 4) is 28.7 Å². The van der Waals surface area contributed by atoms with Crippen molar-refractivity contribution in [1.29, 1.82) is 0 Å². The van der Waals surface area contributed by atoms with Crippen LogP contribution in [0.15, 0.2) is 30.3 Å². The van der Waals surface area contributed by atoms with Gasteiger partial charge in [-0.15, -0.1) is 0 Å². The molecule has 0 aliphatic carbocycles. The fourth-order valence-corrected chi connectivity index (χ4v) is 2.47. The lowest BCUT2D eigenvalue weighted by Crippen LogP contribution is -2.30. The van der Waals surface area contributed by atoms with Crippen LogP contribution in [0.5, 0.6) is 28.7 Å². The highest BCUT2D eigenvalue weighted by Crippen LogP contribution is 2.42. The molecule has 0 radical (unpaired) electrons. The minimum Gasteiger partial charge on any atom is -0.508 e. The van der Waals surface area contributed by atoms with E-state index < -0.39 is 22.6 Å². The molecular formula is C15H16O10S. The van der Waals surface area contributed by atoms with Crippen LogP contribution in [0, 0.1) is 0 Å². The molecule has 26 heavy (non-hydrogen) atoms. The van der Waals surface area contributed by atoms with E-state index in [0.717, 1.165) is 0 Å². The van der Waals surface area contributed by atoms with Gasteiger partial charge >= 0.3 is 10.4 Å². The fraction of sp³-hybridized carbons (Fsp3) is 0.200. The highest BCUT2D eigenvalue weighted by molar-refractivity contribution is 7.79. The summed E-state index contributed by atoms with van der Waals surface area (Å²) in [4.78, 5) is 0. The van der Waals surface area contributed by atoms with E-state index in [1.807, 2.05) is 0 Å². The molecule has 1 aliphatic rings. The molecule has 1 heterocycles. The van der Waals surface area contributed by atoms with Crippen molar-refractivity contribution in [2.24, 2.45) is 0 Å². The predicted molar refractivity (Wildman–Crippen MR) is 86.8 cm³/mol. The van der Waals surface area contributed by atoms with Crippen molar-refractivity contribution in [3.63, 3.8) is 0 Å². The Balaban J connectivity index is 0.000000431. The van der Waals surface area contributed by atoms with E-state index in [0.29, 0.717) is 11.1 Å². The van der Waals surface area contributed by atoms with Crippen LogP contribution in [0.3, 0.4) is 0 Å². The SMILES string of the molecule is O=S(=O)(O)O.Oc1cc(O)c2c(c1)O[C@H](c1ccc(O)c(O)c1)[C@@H](O)C2. The predicted octanol–water partition coefficient (Wildman–Crippen LogP) is 0.893. The Morgan fingerprint density at radius 1 is 0.923 bits per heavy atom. The van der Waals surface area contributed by atoms with Crippen molar-refractivity contribution in [2.45, 2.75) is 18.6 Å². The molecule has 1 aliphatic heterocycles. The van der Waals surface area contributed by atoms with E-state index in [1.54, 1.807) is 0 Å². The third-order valence-electron chi connectivity index (χ3n) is 3.51. The molecule has 0 bridgehead atoms. The van der Waals surface area contributed by atoms with Crippen molar-refractivity contribution >= 4 is 10.4 Å². The molecule has 0 fully saturated rings. The molecule has 0 spiro atoms. The van der Waals surface area contributed by atoms with Gasteiger partial charge in [0.05, 0.1) is 6.10 Å². The van der Waals surface area contributed by atoms with Gasteiger partial charge in [-0.05, 0) is 17.7 Å². The Kier molecular flexibility index (Phi) is 5.47. The molecule has 0 aromatic heterocycles. The van der Waals surface area contributed by atoms with Gasteiger partial charge in [-0.2, -0.15) is 8.42 Å². The number of fused-ring (bicyclic) bond motifs is 1. The van der Waals surface area contributed by atoms with Crippen molar-refractivity contribution in [2.75, 3.05) is 0 Å². The summed E-state index contributed by atoms with van der Waals surface area (Å²) in [6, 6.07) is 6.67. The summed E-state index contributed by atoms with van der Waals surface area (Å²) in [6.45, 7) is 0. The second-order valence-corrected chi connectivity index (χ2v) is 6.34. The van der Waals surface area contributed by atoms with E-state index >= 15 is 0 Å². The Bertz CT molecular complexity index is 901. The van der Waals surface area contributed by atoms with Gasteiger partial charge in [0.1, 0.15) is 23.4 Å². The number of aliphatic hydroxyl groups excluding tert-OH is 1. The summed E-state index contributed by atoms with van der Waals surface area (Å²) in [5, 5.41) is 48.3. The summed E-state index contributed by atoms with van der Waals surface area (Å²) in [7, 11) is -4.67. The van der Waals surface area contributed by atoms with Gasteiger partial charge < -0.3 is 30.3 Å². The van der Waals surface area contributed by atoms with Crippen LogP contribution in [0.4, 0.5) is 0 Å². The molecule has 0 unspecified atom stereocenters. The first-order valence-corrected chi connectivity index (χ1v) is 8.46. The van der Waals surface area contributed by atoms with Gasteiger partial charge in [0.15, 0.2) is 11.5 Å². The van der Waals surface area contributed by atoms with Crippen LogP contribution >= 0.6 is 0 Å². The van der Waals surface area contributed by atoms with Gasteiger partial charge in [-0.3, -0.25) is 9.11 Å². The van der Waals surface area contributed by atoms with E-state index in [4.69, 9.17) is 22.3 Å². The minimum absolute atomic E-state index is 0.143. The molecule has 2 atom stereocenters. The normalized spacial score (nSPS) is 18.9. The average molecular weight is 388 g/mol. The average Bonchev–Trinajstić information content (AvgIpc) is 2.49. The molecule has 2 aromatic carbocycles. The fourth-order valence-electron chi connectivity index (χ4n) is 2.47. The van der Waals surface area contributed by atoms with Gasteiger partial charge in [0.2, 0.25) is 0 Å². The highest BCUT2D eigenvalue weighted by atomic mass is 32.3. The first-order chi connectivity index (χ1) is 12.0. The number of aliphatic hydroxyl groups is 1. The highest BCUT2D eigenvalue weighted by Gasteiger charge is 2.32. The zero-order valence-corrected chi connectivity index (χ0v) is 13.8. The summed E-state index contributed by atoms with van der Waals surface area (Å²) in [5.41, 5.74) is 0.894. The van der Waals surface area contributed by atoms with Crippen LogP contribution in [-0.4, -0.2) is 49.2 Å². The van der Waals surface area contributed by atoms with Crippen LogP contribution in [0.25, 0.3) is 0 Å². The lowest BCUT2D eigenvalue weighted by Gasteiger charge is -2.31. The smallest absolute Gasteiger partial charge is 0.394 e. The standard InChI is InChI=1S/C15H14O6.H2O4S/c16-8-4-11(18)9-6-13(20)15(21-14(9)5-8)7-1-2-10(17)12(19)3-7;1-5(2,3)4/h1-5,13,15-20H,6H2;(H2,1,2,3,4)/t13-,15+;/m0./s1. The molecule has 11 heteroatoms. The molecule has 10 nitrogen and oxygen atoms in total. The van der Waals surface area contributed by atoms with Gasteiger partial charge in [-0.25, -0.2) is 0 Å². The molecular weight excluding hydrogens is 372 g/mol. The topological polar surface area (TPSA) is 185 Å².